The standard InChI is InChI=1S/C12H7BrF2N4O/c13-5-3-10(7(15)4-6(5)14)17-9-2-1-8(16)11-12(9)19-20-18-11/h1-4,17H,16H2. The highest BCUT2D eigenvalue weighted by Gasteiger charge is 2.13. The molecule has 3 rings (SSSR count). The minimum Gasteiger partial charge on any atom is -0.397 e. The fourth-order valence-electron chi connectivity index (χ4n) is 1.75. The van der Waals surface area contributed by atoms with Crippen molar-refractivity contribution < 1.29 is 13.4 Å². The van der Waals surface area contributed by atoms with E-state index < -0.39 is 11.6 Å². The van der Waals surface area contributed by atoms with Gasteiger partial charge in [0.05, 0.1) is 21.5 Å². The second kappa shape index (κ2) is 4.71. The van der Waals surface area contributed by atoms with Crippen LogP contribution < -0.4 is 11.1 Å². The molecule has 1 aromatic heterocycles. The topological polar surface area (TPSA) is 77.0 Å². The van der Waals surface area contributed by atoms with E-state index in [1.54, 1.807) is 12.1 Å². The lowest BCUT2D eigenvalue weighted by Crippen LogP contribution is -1.97. The highest BCUT2D eigenvalue weighted by Crippen LogP contribution is 2.31. The molecule has 0 radical (unpaired) electrons. The van der Waals surface area contributed by atoms with Crippen LogP contribution in [0.2, 0.25) is 0 Å². The molecule has 0 aliphatic carbocycles. The molecule has 0 amide bonds. The van der Waals surface area contributed by atoms with Gasteiger partial charge < -0.3 is 11.1 Å². The lowest BCUT2D eigenvalue weighted by molar-refractivity contribution is 0.316. The number of aromatic nitrogens is 2. The van der Waals surface area contributed by atoms with E-state index in [4.69, 9.17) is 5.73 Å². The van der Waals surface area contributed by atoms with Crippen LogP contribution in [0.4, 0.5) is 25.8 Å². The van der Waals surface area contributed by atoms with Crippen molar-refractivity contribution >= 4 is 44.0 Å². The van der Waals surface area contributed by atoms with Crippen LogP contribution in [0, 0.1) is 11.6 Å². The number of nitrogens with one attached hydrogen (secondary N) is 1. The van der Waals surface area contributed by atoms with Gasteiger partial charge in [0.2, 0.25) is 0 Å². The number of rotatable bonds is 2. The summed E-state index contributed by atoms with van der Waals surface area (Å²) in [5.41, 5.74) is 7.39. The second-order valence-corrected chi connectivity index (χ2v) is 4.89. The third-order valence-corrected chi connectivity index (χ3v) is 3.33. The molecule has 0 saturated carbocycles. The molecule has 5 nitrogen and oxygen atoms in total. The molecule has 0 saturated heterocycles. The minimum atomic E-state index is -0.730. The summed E-state index contributed by atoms with van der Waals surface area (Å²) >= 11 is 3.00. The number of halogens is 3. The van der Waals surface area contributed by atoms with Crippen LogP contribution in [0.3, 0.4) is 0 Å². The Morgan fingerprint density at radius 1 is 1.05 bits per heavy atom. The van der Waals surface area contributed by atoms with Crippen LogP contribution in [0.25, 0.3) is 11.0 Å². The number of hydrogen-bond acceptors (Lipinski definition) is 5. The van der Waals surface area contributed by atoms with Crippen molar-refractivity contribution in [3.63, 3.8) is 0 Å². The first-order valence-corrected chi connectivity index (χ1v) is 6.28. The van der Waals surface area contributed by atoms with E-state index in [2.05, 4.69) is 36.2 Å². The van der Waals surface area contributed by atoms with Crippen molar-refractivity contribution in [3.05, 3.63) is 40.4 Å². The average molecular weight is 341 g/mol. The average Bonchev–Trinajstić information content (AvgIpc) is 2.89. The lowest BCUT2D eigenvalue weighted by atomic mass is 10.2. The molecule has 2 aromatic carbocycles. The number of benzene rings is 2. The van der Waals surface area contributed by atoms with Crippen LogP contribution in [-0.2, 0) is 0 Å². The largest absolute Gasteiger partial charge is 0.397 e. The van der Waals surface area contributed by atoms with Crippen LogP contribution in [0.1, 0.15) is 0 Å². The van der Waals surface area contributed by atoms with Gasteiger partial charge in [-0.3, -0.25) is 0 Å². The molecule has 1 heterocycles. The van der Waals surface area contributed by atoms with Gasteiger partial charge in [0.1, 0.15) is 11.6 Å². The third-order valence-electron chi connectivity index (χ3n) is 2.73. The second-order valence-electron chi connectivity index (χ2n) is 4.03. The van der Waals surface area contributed by atoms with Crippen LogP contribution >= 0.6 is 15.9 Å². The molecular weight excluding hydrogens is 334 g/mol. The summed E-state index contributed by atoms with van der Waals surface area (Å²) in [5.74, 6) is -1.41. The van der Waals surface area contributed by atoms with Crippen LogP contribution in [-0.4, -0.2) is 10.3 Å². The van der Waals surface area contributed by atoms with Gasteiger partial charge in [-0.05, 0) is 44.4 Å². The zero-order valence-corrected chi connectivity index (χ0v) is 11.4. The molecule has 20 heavy (non-hydrogen) atoms. The van der Waals surface area contributed by atoms with E-state index >= 15 is 0 Å². The normalized spacial score (nSPS) is 10.9. The van der Waals surface area contributed by atoms with Crippen molar-refractivity contribution in [2.24, 2.45) is 0 Å². The molecular formula is C12H7BrF2N4O. The van der Waals surface area contributed by atoms with E-state index in [1.807, 2.05) is 0 Å². The summed E-state index contributed by atoms with van der Waals surface area (Å²) in [6.45, 7) is 0. The summed E-state index contributed by atoms with van der Waals surface area (Å²) in [6, 6.07) is 5.27. The maximum atomic E-state index is 13.7. The molecule has 0 unspecified atom stereocenters. The molecule has 0 atom stereocenters. The SMILES string of the molecule is Nc1ccc(Nc2cc(Br)c(F)cc2F)c2nonc12. The number of fused-ring (bicyclic) bond motifs is 1. The zero-order valence-electron chi connectivity index (χ0n) is 9.82. The van der Waals surface area contributed by atoms with Crippen LogP contribution in [0.15, 0.2) is 33.4 Å². The van der Waals surface area contributed by atoms with Gasteiger partial charge in [0, 0.05) is 6.07 Å². The molecule has 0 fully saturated rings. The smallest absolute Gasteiger partial charge is 0.160 e. The first-order chi connectivity index (χ1) is 9.56. The van der Waals surface area contributed by atoms with Crippen molar-refractivity contribution in [1.82, 2.24) is 10.3 Å². The molecule has 0 aliphatic heterocycles. The number of nitrogens with zero attached hydrogens (tertiary/aromatic N) is 2. The van der Waals surface area contributed by atoms with Crippen molar-refractivity contribution in [2.45, 2.75) is 0 Å². The molecule has 3 N–H and O–H groups in total. The Hall–Kier alpha value is -2.22. The van der Waals surface area contributed by atoms with E-state index in [9.17, 15) is 8.78 Å². The highest BCUT2D eigenvalue weighted by atomic mass is 79.9. The lowest BCUT2D eigenvalue weighted by Gasteiger charge is -2.09. The molecule has 0 aliphatic rings. The summed E-state index contributed by atoms with van der Waals surface area (Å²) in [5, 5.41) is 10.2. The summed E-state index contributed by atoms with van der Waals surface area (Å²) < 4.78 is 31.7. The van der Waals surface area contributed by atoms with Gasteiger partial charge in [-0.1, -0.05) is 0 Å². The van der Waals surface area contributed by atoms with E-state index in [-0.39, 0.29) is 10.2 Å². The maximum absolute atomic E-state index is 13.7. The van der Waals surface area contributed by atoms with E-state index in [0.29, 0.717) is 22.4 Å². The van der Waals surface area contributed by atoms with Crippen molar-refractivity contribution in [3.8, 4) is 0 Å². The third kappa shape index (κ3) is 2.07. The Balaban J connectivity index is 2.08. The maximum Gasteiger partial charge on any atom is 0.160 e. The van der Waals surface area contributed by atoms with Gasteiger partial charge in [-0.25, -0.2) is 13.4 Å². The number of nitrogens with two attached hydrogens (primary N) is 1. The predicted molar refractivity (Wildman–Crippen MR) is 73.6 cm³/mol. The molecule has 0 spiro atoms. The molecule has 102 valence electrons. The monoisotopic (exact) mass is 340 g/mol. The Morgan fingerprint density at radius 2 is 1.80 bits per heavy atom. The van der Waals surface area contributed by atoms with Gasteiger partial charge >= 0.3 is 0 Å². The van der Waals surface area contributed by atoms with Gasteiger partial charge in [0.25, 0.3) is 0 Å². The summed E-state index contributed by atoms with van der Waals surface area (Å²) in [6.07, 6.45) is 0. The number of nitrogen functional groups attached to an aromatic ring is 1. The van der Waals surface area contributed by atoms with Crippen LogP contribution in [0.5, 0.6) is 0 Å². The Kier molecular flexibility index (Phi) is 3.01. The highest BCUT2D eigenvalue weighted by molar-refractivity contribution is 9.10. The first-order valence-electron chi connectivity index (χ1n) is 5.48. The Labute approximate surface area is 119 Å². The van der Waals surface area contributed by atoms with Crippen molar-refractivity contribution in [1.29, 1.82) is 0 Å². The van der Waals surface area contributed by atoms with Gasteiger partial charge in [0.15, 0.2) is 11.0 Å². The predicted octanol–water partition coefficient (Wildman–Crippen LogP) is 3.59. The Morgan fingerprint density at radius 3 is 2.60 bits per heavy atom. The zero-order chi connectivity index (χ0) is 14.3. The fourth-order valence-corrected chi connectivity index (χ4v) is 2.09. The minimum absolute atomic E-state index is 0.0901. The van der Waals surface area contributed by atoms with E-state index in [1.165, 1.54) is 6.07 Å². The van der Waals surface area contributed by atoms with Crippen molar-refractivity contribution in [2.75, 3.05) is 11.1 Å². The number of anilines is 3. The molecule has 3 aromatic rings. The molecule has 0 bridgehead atoms. The quantitative estimate of drug-likeness (QED) is 0.550. The fraction of sp³-hybridized carbons (Fsp3) is 0. The Bertz CT molecular complexity index is 805. The van der Waals surface area contributed by atoms with Gasteiger partial charge in [-0.2, -0.15) is 0 Å². The summed E-state index contributed by atoms with van der Waals surface area (Å²) in [7, 11) is 0. The molecule has 8 heteroatoms. The van der Waals surface area contributed by atoms with Gasteiger partial charge in [-0.15, -0.1) is 0 Å². The summed E-state index contributed by atoms with van der Waals surface area (Å²) in [4.78, 5) is 0. The van der Waals surface area contributed by atoms with E-state index in [0.717, 1.165) is 6.07 Å². The first kappa shape index (κ1) is 12.8. The number of hydrogen-bond donors (Lipinski definition) is 2.